The minimum atomic E-state index is -4.98. The van der Waals surface area contributed by atoms with Crippen molar-refractivity contribution >= 4 is 17.4 Å². The maximum Gasteiger partial charge on any atom is 0.573 e. The molecule has 1 heterocycles. The summed E-state index contributed by atoms with van der Waals surface area (Å²) in [7, 11) is 0. The topological polar surface area (TPSA) is 86.5 Å². The first-order valence-electron chi connectivity index (χ1n) is 8.58. The van der Waals surface area contributed by atoms with E-state index >= 15 is 0 Å². The summed E-state index contributed by atoms with van der Waals surface area (Å²) in [6.07, 6.45) is -4.98. The Morgan fingerprint density at radius 3 is 2.29 bits per heavy atom. The zero-order chi connectivity index (χ0) is 22.8. The Morgan fingerprint density at radius 2 is 1.65 bits per heavy atom. The Balaban J connectivity index is 1.71. The first-order chi connectivity index (χ1) is 14.5. The quantitative estimate of drug-likeness (QED) is 0.422. The maximum atomic E-state index is 13.5. The number of nitrogen functional groups attached to an aromatic ring is 1. The van der Waals surface area contributed by atoms with E-state index in [1.54, 1.807) is 0 Å². The molecule has 0 aliphatic heterocycles. The molecular formula is C20H14F5N3O3. The summed E-state index contributed by atoms with van der Waals surface area (Å²) in [4.78, 5) is 15.8. The smallest absolute Gasteiger partial charge is 0.457 e. The number of alkyl halides is 3. The van der Waals surface area contributed by atoms with Crippen molar-refractivity contribution in [1.82, 2.24) is 4.98 Å². The number of benzene rings is 2. The van der Waals surface area contributed by atoms with Gasteiger partial charge in [-0.15, -0.1) is 13.2 Å². The van der Waals surface area contributed by atoms with Gasteiger partial charge < -0.3 is 20.5 Å². The van der Waals surface area contributed by atoms with Crippen molar-refractivity contribution < 1.29 is 36.2 Å². The number of carbonyl (C=O) groups is 1. The second kappa shape index (κ2) is 8.46. The predicted octanol–water partition coefficient (Wildman–Crippen LogP) is 5.19. The van der Waals surface area contributed by atoms with Crippen LogP contribution in [-0.4, -0.2) is 17.3 Å². The van der Waals surface area contributed by atoms with Gasteiger partial charge in [0, 0.05) is 29.4 Å². The normalized spacial score (nSPS) is 11.2. The van der Waals surface area contributed by atoms with Crippen LogP contribution in [0.5, 0.6) is 17.2 Å². The van der Waals surface area contributed by atoms with Crippen LogP contribution in [-0.2, 0) is 0 Å². The summed E-state index contributed by atoms with van der Waals surface area (Å²) in [6, 6.07) is 9.22. The van der Waals surface area contributed by atoms with Crippen LogP contribution in [0.2, 0.25) is 0 Å². The van der Waals surface area contributed by atoms with Crippen LogP contribution in [0.3, 0.4) is 0 Å². The minimum Gasteiger partial charge on any atom is -0.457 e. The van der Waals surface area contributed by atoms with Crippen LogP contribution < -0.4 is 20.5 Å². The lowest BCUT2D eigenvalue weighted by Gasteiger charge is -2.12. The van der Waals surface area contributed by atoms with Crippen molar-refractivity contribution in [2.75, 3.05) is 11.1 Å². The van der Waals surface area contributed by atoms with Crippen LogP contribution in [0.25, 0.3) is 0 Å². The maximum absolute atomic E-state index is 13.5. The summed E-state index contributed by atoms with van der Waals surface area (Å²) in [5, 5.41) is 2.54. The van der Waals surface area contributed by atoms with E-state index in [2.05, 4.69) is 15.0 Å². The van der Waals surface area contributed by atoms with Crippen LogP contribution in [0.15, 0.2) is 48.5 Å². The molecule has 0 atom stereocenters. The monoisotopic (exact) mass is 439 g/mol. The number of hydrogen-bond donors (Lipinski definition) is 2. The first kappa shape index (κ1) is 21.8. The Bertz CT molecular complexity index is 1120. The number of anilines is 2. The van der Waals surface area contributed by atoms with Gasteiger partial charge in [-0.2, -0.15) is 4.39 Å². The second-order valence-corrected chi connectivity index (χ2v) is 6.28. The van der Waals surface area contributed by atoms with Crippen molar-refractivity contribution in [2.45, 2.75) is 13.3 Å². The number of aryl methyl sites for hydroxylation is 1. The van der Waals surface area contributed by atoms with E-state index in [0.29, 0.717) is 11.8 Å². The lowest BCUT2D eigenvalue weighted by molar-refractivity contribution is -0.274. The summed E-state index contributed by atoms with van der Waals surface area (Å²) in [6.45, 7) is 1.43. The summed E-state index contributed by atoms with van der Waals surface area (Å²) < 4.78 is 72.9. The number of hydrogen-bond acceptors (Lipinski definition) is 5. The molecule has 0 radical (unpaired) electrons. The minimum absolute atomic E-state index is 0.0174. The SMILES string of the molecule is Cc1cc(C(=O)Nc2ccc(Oc3cc(F)cc(OC(F)(F)F)c3)cc2)c(N)nc1F. The Labute approximate surface area is 172 Å². The Kier molecular flexibility index (Phi) is 5.95. The molecule has 0 aliphatic carbocycles. The van der Waals surface area contributed by atoms with Gasteiger partial charge in [0.25, 0.3) is 5.91 Å². The molecule has 162 valence electrons. The molecule has 2 aromatic carbocycles. The highest BCUT2D eigenvalue weighted by Gasteiger charge is 2.31. The predicted molar refractivity (Wildman–Crippen MR) is 101 cm³/mol. The lowest BCUT2D eigenvalue weighted by atomic mass is 10.1. The van der Waals surface area contributed by atoms with Gasteiger partial charge in [0.2, 0.25) is 5.95 Å². The van der Waals surface area contributed by atoms with Gasteiger partial charge in [-0.25, -0.2) is 9.37 Å². The third-order valence-electron chi connectivity index (χ3n) is 3.85. The van der Waals surface area contributed by atoms with Crippen LogP contribution >= 0.6 is 0 Å². The standard InChI is InChI=1S/C20H14F5N3O3/c1-10-6-16(18(26)28-17(10)22)19(29)27-12-2-4-13(5-3-12)30-14-7-11(21)8-15(9-14)31-20(23,24)25/h2-9H,1H3,(H2,26,28)(H,27,29). The molecule has 0 fully saturated rings. The molecule has 0 spiro atoms. The Hall–Kier alpha value is -3.89. The molecule has 31 heavy (non-hydrogen) atoms. The molecule has 1 amide bonds. The molecule has 0 unspecified atom stereocenters. The average molecular weight is 439 g/mol. The highest BCUT2D eigenvalue weighted by Crippen LogP contribution is 2.30. The molecule has 0 saturated carbocycles. The molecule has 3 rings (SSSR count). The molecule has 6 nitrogen and oxygen atoms in total. The fraction of sp³-hybridized carbons (Fsp3) is 0.100. The first-order valence-corrected chi connectivity index (χ1v) is 8.58. The average Bonchev–Trinajstić information content (AvgIpc) is 2.64. The van der Waals surface area contributed by atoms with Crippen molar-refractivity contribution in [3.8, 4) is 17.2 Å². The molecule has 0 aliphatic rings. The number of ether oxygens (including phenoxy) is 2. The number of nitrogens with one attached hydrogen (secondary N) is 1. The van der Waals surface area contributed by atoms with Crippen molar-refractivity contribution in [3.63, 3.8) is 0 Å². The summed E-state index contributed by atoms with van der Waals surface area (Å²) in [5.41, 5.74) is 6.02. The van der Waals surface area contributed by atoms with Crippen molar-refractivity contribution in [3.05, 3.63) is 71.4 Å². The number of nitrogens with two attached hydrogens (primary N) is 1. The van der Waals surface area contributed by atoms with Crippen LogP contribution in [0.4, 0.5) is 33.5 Å². The van der Waals surface area contributed by atoms with Gasteiger partial charge in [-0.3, -0.25) is 4.79 Å². The molecule has 0 saturated heterocycles. The van der Waals surface area contributed by atoms with Gasteiger partial charge in [0.1, 0.15) is 28.9 Å². The van der Waals surface area contributed by atoms with Crippen LogP contribution in [0, 0.1) is 18.7 Å². The third kappa shape index (κ3) is 5.81. The van der Waals surface area contributed by atoms with Gasteiger partial charge >= 0.3 is 6.36 Å². The molecule has 3 aromatic rings. The van der Waals surface area contributed by atoms with E-state index in [0.717, 1.165) is 12.1 Å². The number of pyridine rings is 1. The van der Waals surface area contributed by atoms with E-state index in [-0.39, 0.29) is 28.4 Å². The number of aromatic nitrogens is 1. The van der Waals surface area contributed by atoms with Gasteiger partial charge in [-0.1, -0.05) is 0 Å². The van der Waals surface area contributed by atoms with E-state index in [1.165, 1.54) is 37.3 Å². The third-order valence-corrected chi connectivity index (χ3v) is 3.85. The van der Waals surface area contributed by atoms with E-state index in [1.807, 2.05) is 0 Å². The number of nitrogens with zero attached hydrogens (tertiary/aromatic N) is 1. The van der Waals surface area contributed by atoms with E-state index in [9.17, 15) is 26.7 Å². The molecule has 1 aromatic heterocycles. The van der Waals surface area contributed by atoms with Gasteiger partial charge in [-0.05, 0) is 37.3 Å². The van der Waals surface area contributed by atoms with E-state index in [4.69, 9.17) is 10.5 Å². The van der Waals surface area contributed by atoms with Crippen LogP contribution in [0.1, 0.15) is 15.9 Å². The van der Waals surface area contributed by atoms with Gasteiger partial charge in [0.15, 0.2) is 0 Å². The lowest BCUT2D eigenvalue weighted by Crippen LogP contribution is -2.17. The van der Waals surface area contributed by atoms with Crippen molar-refractivity contribution in [2.24, 2.45) is 0 Å². The zero-order valence-electron chi connectivity index (χ0n) is 15.8. The summed E-state index contributed by atoms with van der Waals surface area (Å²) >= 11 is 0. The highest BCUT2D eigenvalue weighted by atomic mass is 19.4. The van der Waals surface area contributed by atoms with Gasteiger partial charge in [0.05, 0.1) is 5.56 Å². The number of carbonyl (C=O) groups excluding carboxylic acids is 1. The molecular weight excluding hydrogens is 425 g/mol. The fourth-order valence-electron chi connectivity index (χ4n) is 2.52. The second-order valence-electron chi connectivity index (χ2n) is 6.28. The molecule has 0 bridgehead atoms. The summed E-state index contributed by atoms with van der Waals surface area (Å²) in [5.74, 6) is -3.51. The molecule has 3 N–H and O–H groups in total. The number of rotatable bonds is 5. The Morgan fingerprint density at radius 1 is 1.00 bits per heavy atom. The zero-order valence-corrected chi connectivity index (χ0v) is 15.8. The van der Waals surface area contributed by atoms with Crippen molar-refractivity contribution in [1.29, 1.82) is 0 Å². The number of amides is 1. The highest BCUT2D eigenvalue weighted by molar-refractivity contribution is 6.07. The molecule has 11 heteroatoms. The van der Waals surface area contributed by atoms with E-state index < -0.39 is 29.8 Å². The fourth-order valence-corrected chi connectivity index (χ4v) is 2.52. The largest absolute Gasteiger partial charge is 0.573 e. The number of halogens is 5.